The van der Waals surface area contributed by atoms with E-state index in [-0.39, 0.29) is 12.2 Å². The van der Waals surface area contributed by atoms with Crippen molar-refractivity contribution >= 4 is 29.6 Å². The summed E-state index contributed by atoms with van der Waals surface area (Å²) in [6.45, 7) is 2.72. The van der Waals surface area contributed by atoms with Gasteiger partial charge in [0, 0.05) is 18.5 Å². The molecule has 0 amide bonds. The maximum atomic E-state index is 12.2. The van der Waals surface area contributed by atoms with E-state index in [1.165, 1.54) is 50.3 Å². The van der Waals surface area contributed by atoms with Gasteiger partial charge in [-0.1, -0.05) is 75.4 Å². The fourth-order valence-electron chi connectivity index (χ4n) is 2.73. The van der Waals surface area contributed by atoms with Gasteiger partial charge < -0.3 is 5.11 Å². The predicted octanol–water partition coefficient (Wildman–Crippen LogP) is 5.71. The number of allylic oxidation sites excluding steroid dienone is 1. The monoisotopic (exact) mass is 421 g/mol. The smallest absolute Gasteiger partial charge is 0.303 e. The normalized spacial score (nSPS) is 11.2. The van der Waals surface area contributed by atoms with E-state index in [1.54, 1.807) is 0 Å². The predicted molar refractivity (Wildman–Crippen MR) is 121 cm³/mol. The number of nitrogens with one attached hydrogen (secondary N) is 1. The van der Waals surface area contributed by atoms with Gasteiger partial charge in [-0.05, 0) is 24.8 Å². The number of thioether (sulfide) groups is 1. The van der Waals surface area contributed by atoms with E-state index in [4.69, 9.17) is 9.94 Å². The Balaban J connectivity index is 2.13. The molecule has 5 nitrogen and oxygen atoms in total. The number of aliphatic carboxylic acids is 1. The van der Waals surface area contributed by atoms with Crippen LogP contribution in [-0.4, -0.2) is 35.1 Å². The van der Waals surface area contributed by atoms with Crippen molar-refractivity contribution in [2.24, 2.45) is 0 Å². The van der Waals surface area contributed by atoms with Crippen molar-refractivity contribution in [2.75, 3.05) is 18.2 Å². The zero-order valence-corrected chi connectivity index (χ0v) is 18.3. The number of unbranched alkanes of at least 4 members (excludes halogenated alkanes) is 6. The molecule has 0 radical (unpaired) electrons. The Labute approximate surface area is 179 Å². The second kappa shape index (κ2) is 17.2. The van der Waals surface area contributed by atoms with Crippen molar-refractivity contribution in [3.8, 4) is 0 Å². The highest BCUT2D eigenvalue weighted by atomic mass is 32.2. The highest BCUT2D eigenvalue weighted by Gasteiger charge is 2.05. The van der Waals surface area contributed by atoms with Crippen LogP contribution in [0.4, 0.5) is 0 Å². The standard InChI is InChI=1S/C23H35NO4S/c1-2-3-4-5-6-7-8-9-11-20-13-15-21(16-14-20)22(25)18-29-19-28-24-17-10-12-23(26)27/h9,11,13-16,24H,2-8,10,12,17-19H2,1H3,(H,26,27)/b11-9-. The molecular formula is C23H35NO4S. The van der Waals surface area contributed by atoms with E-state index >= 15 is 0 Å². The van der Waals surface area contributed by atoms with Crippen LogP contribution >= 0.6 is 11.8 Å². The number of benzene rings is 1. The fraction of sp³-hybridized carbons (Fsp3) is 0.565. The summed E-state index contributed by atoms with van der Waals surface area (Å²) in [6, 6.07) is 7.71. The number of hydrogen-bond acceptors (Lipinski definition) is 5. The van der Waals surface area contributed by atoms with E-state index in [9.17, 15) is 9.59 Å². The van der Waals surface area contributed by atoms with Gasteiger partial charge in [-0.15, -0.1) is 11.8 Å². The van der Waals surface area contributed by atoms with E-state index in [2.05, 4.69) is 24.6 Å². The Kier molecular flexibility index (Phi) is 15.1. The van der Waals surface area contributed by atoms with Crippen LogP contribution in [-0.2, 0) is 9.63 Å². The molecule has 0 aromatic heterocycles. The Bertz CT molecular complexity index is 601. The molecule has 0 bridgehead atoms. The zero-order chi connectivity index (χ0) is 21.2. The summed E-state index contributed by atoms with van der Waals surface area (Å²) in [7, 11) is 0. The summed E-state index contributed by atoms with van der Waals surface area (Å²) in [5.74, 6) is -0.0413. The number of ketones is 1. The molecule has 162 valence electrons. The van der Waals surface area contributed by atoms with Gasteiger partial charge in [0.05, 0.1) is 5.75 Å². The van der Waals surface area contributed by atoms with Crippen LogP contribution in [0, 0.1) is 0 Å². The van der Waals surface area contributed by atoms with E-state index in [0.717, 1.165) is 12.0 Å². The second-order valence-corrected chi connectivity index (χ2v) is 7.94. The molecule has 0 unspecified atom stereocenters. The van der Waals surface area contributed by atoms with Gasteiger partial charge in [-0.2, -0.15) is 0 Å². The Morgan fingerprint density at radius 3 is 2.52 bits per heavy atom. The first-order chi connectivity index (χ1) is 14.1. The molecule has 1 aromatic carbocycles. The molecule has 2 N–H and O–H groups in total. The van der Waals surface area contributed by atoms with Gasteiger partial charge >= 0.3 is 5.97 Å². The van der Waals surface area contributed by atoms with Crippen molar-refractivity contribution in [2.45, 2.75) is 64.7 Å². The third-order valence-electron chi connectivity index (χ3n) is 4.41. The third kappa shape index (κ3) is 14.1. The van der Waals surface area contributed by atoms with Crippen molar-refractivity contribution in [3.05, 3.63) is 41.5 Å². The summed E-state index contributed by atoms with van der Waals surface area (Å²) >= 11 is 1.39. The van der Waals surface area contributed by atoms with Gasteiger partial charge in [0.15, 0.2) is 5.78 Å². The molecular weight excluding hydrogens is 386 g/mol. The summed E-state index contributed by atoms with van der Waals surface area (Å²) in [4.78, 5) is 27.7. The van der Waals surface area contributed by atoms with Gasteiger partial charge in [-0.3, -0.25) is 14.4 Å². The van der Waals surface area contributed by atoms with E-state index in [1.807, 2.05) is 24.3 Å². The average molecular weight is 422 g/mol. The van der Waals surface area contributed by atoms with Gasteiger partial charge in [-0.25, -0.2) is 5.48 Å². The van der Waals surface area contributed by atoms with Crippen LogP contribution in [0.1, 0.15) is 80.6 Å². The largest absolute Gasteiger partial charge is 0.481 e. The highest BCUT2D eigenvalue weighted by Crippen LogP contribution is 2.12. The minimum atomic E-state index is -0.814. The number of carbonyl (C=O) groups is 2. The summed E-state index contributed by atoms with van der Waals surface area (Å²) in [5.41, 5.74) is 4.53. The molecule has 29 heavy (non-hydrogen) atoms. The first-order valence-electron chi connectivity index (χ1n) is 10.6. The zero-order valence-electron chi connectivity index (χ0n) is 17.5. The molecule has 0 saturated heterocycles. The van der Waals surface area contributed by atoms with Crippen LogP contribution in [0.3, 0.4) is 0 Å². The summed E-state index contributed by atoms with van der Waals surface area (Å²) in [5, 5.41) is 8.52. The minimum Gasteiger partial charge on any atom is -0.481 e. The van der Waals surface area contributed by atoms with Crippen LogP contribution in [0.2, 0.25) is 0 Å². The molecule has 0 aliphatic carbocycles. The fourth-order valence-corrected chi connectivity index (χ4v) is 3.33. The number of Topliss-reactive ketones (excluding diaryl/α,β-unsaturated/α-hetero) is 1. The summed E-state index contributed by atoms with van der Waals surface area (Å²) < 4.78 is 0. The van der Waals surface area contributed by atoms with Gasteiger partial charge in [0.25, 0.3) is 0 Å². The van der Waals surface area contributed by atoms with Crippen LogP contribution in [0.25, 0.3) is 6.08 Å². The molecule has 0 aliphatic heterocycles. The van der Waals surface area contributed by atoms with Crippen LogP contribution in [0.5, 0.6) is 0 Å². The Morgan fingerprint density at radius 2 is 1.79 bits per heavy atom. The molecule has 0 spiro atoms. The molecule has 0 fully saturated rings. The SMILES string of the molecule is CCCCCCCC/C=C\c1ccc(C(=O)CSCONCCCC(=O)O)cc1. The quantitative estimate of drug-likeness (QED) is 0.137. The summed E-state index contributed by atoms with van der Waals surface area (Å²) in [6.07, 6.45) is 13.9. The lowest BCUT2D eigenvalue weighted by atomic mass is 10.1. The van der Waals surface area contributed by atoms with Gasteiger partial charge in [0.2, 0.25) is 0 Å². The second-order valence-electron chi connectivity index (χ2n) is 7.01. The van der Waals surface area contributed by atoms with Crippen LogP contribution in [0.15, 0.2) is 30.3 Å². The highest BCUT2D eigenvalue weighted by molar-refractivity contribution is 7.99. The number of carbonyl (C=O) groups excluding carboxylic acids is 1. The minimum absolute atomic E-state index is 0.0760. The number of rotatable bonds is 18. The topological polar surface area (TPSA) is 75.6 Å². The van der Waals surface area contributed by atoms with Gasteiger partial charge in [0.1, 0.15) is 5.94 Å². The first-order valence-corrected chi connectivity index (χ1v) is 11.7. The molecule has 6 heteroatoms. The lowest BCUT2D eigenvalue weighted by molar-refractivity contribution is -0.137. The number of hydroxylamine groups is 1. The maximum absolute atomic E-state index is 12.2. The van der Waals surface area contributed by atoms with Crippen molar-refractivity contribution in [1.29, 1.82) is 0 Å². The first kappa shape index (κ1) is 25.4. The Morgan fingerprint density at radius 1 is 1.07 bits per heavy atom. The lowest BCUT2D eigenvalue weighted by Crippen LogP contribution is -2.17. The lowest BCUT2D eigenvalue weighted by Gasteiger charge is -2.05. The molecule has 0 saturated carbocycles. The van der Waals surface area contributed by atoms with Crippen molar-refractivity contribution in [1.82, 2.24) is 5.48 Å². The number of carboxylic acid groups (broad SMARTS) is 1. The van der Waals surface area contributed by atoms with Crippen molar-refractivity contribution < 1.29 is 19.5 Å². The Hall–Kier alpha value is -1.63. The van der Waals surface area contributed by atoms with E-state index < -0.39 is 5.97 Å². The third-order valence-corrected chi connectivity index (χ3v) is 5.17. The van der Waals surface area contributed by atoms with Crippen LogP contribution < -0.4 is 5.48 Å². The molecule has 0 atom stereocenters. The number of carboxylic acids is 1. The maximum Gasteiger partial charge on any atom is 0.303 e. The molecule has 1 aromatic rings. The molecule has 0 heterocycles. The van der Waals surface area contributed by atoms with Crippen molar-refractivity contribution in [3.63, 3.8) is 0 Å². The number of hydrogen-bond donors (Lipinski definition) is 2. The molecule has 0 aliphatic rings. The average Bonchev–Trinajstić information content (AvgIpc) is 2.72. The van der Waals surface area contributed by atoms with E-state index in [0.29, 0.717) is 30.2 Å². The molecule has 1 rings (SSSR count).